The van der Waals surface area contributed by atoms with Crippen molar-refractivity contribution in [2.24, 2.45) is 5.92 Å². The van der Waals surface area contributed by atoms with Crippen LogP contribution in [-0.2, 0) is 11.2 Å². The Labute approximate surface area is 185 Å². The van der Waals surface area contributed by atoms with E-state index in [9.17, 15) is 14.0 Å². The van der Waals surface area contributed by atoms with Crippen LogP contribution in [0.1, 0.15) is 35.7 Å². The maximum atomic E-state index is 14.9. The van der Waals surface area contributed by atoms with E-state index < -0.39 is 8.41 Å². The fraction of sp³-hybridized carbons (Fsp3) is 0.458. The molecule has 0 spiro atoms. The first-order chi connectivity index (χ1) is 14.7. The van der Waals surface area contributed by atoms with Crippen LogP contribution < -0.4 is 11.1 Å². The summed E-state index contributed by atoms with van der Waals surface area (Å²) in [7, 11) is -2.89. The Hall–Kier alpha value is -2.22. The summed E-state index contributed by atoms with van der Waals surface area (Å²) in [6.45, 7) is 5.56. The molecular weight excluding hydrogens is 411 g/mol. The lowest BCUT2D eigenvalue weighted by Gasteiger charge is -2.28. The van der Waals surface area contributed by atoms with Gasteiger partial charge in [0, 0.05) is 29.1 Å². The summed E-state index contributed by atoms with van der Waals surface area (Å²) in [5.41, 5.74) is 8.56. The van der Waals surface area contributed by atoms with E-state index in [1.54, 1.807) is 37.4 Å². The molecule has 2 aromatic carbocycles. The largest absolute Gasteiger partial charge is 0.399 e. The number of nitrogens with one attached hydrogen (secondary N) is 1. The number of anilines is 2. The molecule has 1 aliphatic rings. The molecular formula is C24H33FN2O3Si. The number of carbonyl (C=O) groups is 1. The zero-order chi connectivity index (χ0) is 22.6. The second-order valence-corrected chi connectivity index (χ2v) is 12.8. The molecule has 168 valence electrons. The number of rotatable bonds is 8. The Kier molecular flexibility index (Phi) is 7.51. The molecule has 7 heteroatoms. The molecule has 1 amide bonds. The minimum absolute atomic E-state index is 0.0147. The molecule has 2 aromatic rings. The van der Waals surface area contributed by atoms with Gasteiger partial charge in [-0.2, -0.15) is 0 Å². The number of ether oxygens (including phenoxy) is 1. The zero-order valence-corrected chi connectivity index (χ0v) is 19.5. The van der Waals surface area contributed by atoms with Gasteiger partial charge in [-0.15, -0.1) is 0 Å². The maximum Gasteiger partial charge on any atom is 0.255 e. The van der Waals surface area contributed by atoms with Crippen LogP contribution in [0, 0.1) is 5.92 Å². The van der Waals surface area contributed by atoms with Gasteiger partial charge in [0.15, 0.2) is 0 Å². The van der Waals surface area contributed by atoms with E-state index in [0.717, 1.165) is 24.1 Å². The minimum atomic E-state index is -2.89. The molecule has 0 unspecified atom stereocenters. The average Bonchev–Trinajstić information content (AvgIpc) is 3.03. The third-order valence-corrected chi connectivity index (χ3v) is 8.67. The monoisotopic (exact) mass is 444 g/mol. The molecule has 5 nitrogen and oxygen atoms in total. The first-order valence-electron chi connectivity index (χ1n) is 10.9. The third kappa shape index (κ3) is 5.93. The van der Waals surface area contributed by atoms with Crippen molar-refractivity contribution < 1.29 is 18.7 Å². The molecule has 0 aliphatic carbocycles. The summed E-state index contributed by atoms with van der Waals surface area (Å²) in [6.07, 6.45) is 1.80. The summed E-state index contributed by atoms with van der Waals surface area (Å²) in [6, 6.07) is 14.6. The van der Waals surface area contributed by atoms with E-state index in [1.165, 1.54) is 0 Å². The number of halogens is 1. The molecule has 31 heavy (non-hydrogen) atoms. The predicted molar refractivity (Wildman–Crippen MR) is 125 cm³/mol. The quantitative estimate of drug-likeness (QED) is 0.311. The molecule has 1 saturated heterocycles. The van der Waals surface area contributed by atoms with Crippen molar-refractivity contribution >= 4 is 25.7 Å². The van der Waals surface area contributed by atoms with Crippen molar-refractivity contribution in [2.75, 3.05) is 17.7 Å². The van der Waals surface area contributed by atoms with Crippen LogP contribution in [0.4, 0.5) is 15.5 Å². The van der Waals surface area contributed by atoms with E-state index in [2.05, 4.69) is 12.2 Å². The number of hydrogen-bond donors (Lipinski definition) is 3. The van der Waals surface area contributed by atoms with Crippen molar-refractivity contribution in [1.29, 1.82) is 0 Å². The van der Waals surface area contributed by atoms with Crippen LogP contribution >= 0.6 is 0 Å². The fourth-order valence-corrected chi connectivity index (χ4v) is 7.32. The van der Waals surface area contributed by atoms with Crippen LogP contribution in [0.2, 0.25) is 18.6 Å². The van der Waals surface area contributed by atoms with Gasteiger partial charge < -0.3 is 25.0 Å². The Morgan fingerprint density at radius 2 is 1.87 bits per heavy atom. The number of carbonyl (C=O) groups excluding carboxylic acids is 1. The Balaban J connectivity index is 1.62. The molecule has 0 saturated carbocycles. The van der Waals surface area contributed by atoms with E-state index in [0.29, 0.717) is 17.7 Å². The van der Waals surface area contributed by atoms with Gasteiger partial charge in [-0.05, 0) is 80.2 Å². The third-order valence-electron chi connectivity index (χ3n) is 6.18. The molecule has 1 aliphatic heterocycles. The summed E-state index contributed by atoms with van der Waals surface area (Å²) >= 11 is 0. The number of nitrogens with two attached hydrogens (primary N) is 1. The van der Waals surface area contributed by atoms with Gasteiger partial charge in [-0.3, -0.25) is 4.79 Å². The SMILES string of the molecule is C[C@H]1[C@H]([Si](C)(C)F)[C@@H](CCO)O[C@H]1CCc1cccc(NC(=O)c2ccc(N)cc2)c1. The van der Waals surface area contributed by atoms with Crippen LogP contribution in [0.3, 0.4) is 0 Å². The number of aliphatic hydroxyl groups excluding tert-OH is 1. The van der Waals surface area contributed by atoms with E-state index in [4.69, 9.17) is 10.5 Å². The second-order valence-electron chi connectivity index (χ2n) is 8.99. The van der Waals surface area contributed by atoms with Crippen LogP contribution in [0.25, 0.3) is 0 Å². The molecule has 1 fully saturated rings. The van der Waals surface area contributed by atoms with E-state index in [-0.39, 0.29) is 36.2 Å². The second kappa shape index (κ2) is 9.93. The first kappa shape index (κ1) is 23.4. The average molecular weight is 445 g/mol. The number of aryl methyl sites for hydroxylation is 1. The molecule has 0 aromatic heterocycles. The van der Waals surface area contributed by atoms with Crippen LogP contribution in [-0.4, -0.2) is 38.2 Å². The van der Waals surface area contributed by atoms with Gasteiger partial charge in [0.05, 0.1) is 12.2 Å². The van der Waals surface area contributed by atoms with Crippen molar-refractivity contribution in [1.82, 2.24) is 0 Å². The Morgan fingerprint density at radius 3 is 2.52 bits per heavy atom. The molecule has 0 bridgehead atoms. The highest BCUT2D eigenvalue weighted by molar-refractivity contribution is 6.72. The predicted octanol–water partition coefficient (Wildman–Crippen LogP) is 4.78. The van der Waals surface area contributed by atoms with Gasteiger partial charge >= 0.3 is 0 Å². The molecule has 3 rings (SSSR count). The van der Waals surface area contributed by atoms with Gasteiger partial charge in [0.25, 0.3) is 5.91 Å². The lowest BCUT2D eigenvalue weighted by Crippen LogP contribution is -2.36. The normalized spacial score (nSPS) is 23.6. The van der Waals surface area contributed by atoms with Crippen molar-refractivity contribution in [2.45, 2.75) is 57.0 Å². The summed E-state index contributed by atoms with van der Waals surface area (Å²) < 4.78 is 21.1. The lowest BCUT2D eigenvalue weighted by molar-refractivity contribution is 0.0193. The summed E-state index contributed by atoms with van der Waals surface area (Å²) in [5, 5.41) is 12.3. The molecule has 4 atom stereocenters. The number of nitrogen functional groups attached to an aromatic ring is 1. The van der Waals surface area contributed by atoms with Crippen molar-refractivity contribution in [3.8, 4) is 0 Å². The fourth-order valence-electron chi connectivity index (χ4n) is 4.73. The number of hydrogen-bond acceptors (Lipinski definition) is 4. The van der Waals surface area contributed by atoms with Crippen LogP contribution in [0.5, 0.6) is 0 Å². The number of amides is 1. The highest BCUT2D eigenvalue weighted by Crippen LogP contribution is 2.46. The van der Waals surface area contributed by atoms with E-state index in [1.807, 2.05) is 24.3 Å². The highest BCUT2D eigenvalue weighted by Gasteiger charge is 2.50. The van der Waals surface area contributed by atoms with Gasteiger partial charge in [0.2, 0.25) is 8.41 Å². The Bertz CT molecular complexity index is 885. The standard InChI is InChI=1S/C24H33FN2O3Si/c1-16-21(30-22(13-14-28)23(16)31(2,3)25)12-7-17-5-4-6-20(15-17)27-24(29)18-8-10-19(26)11-9-18/h4-6,8-11,15-16,21-23,28H,7,12-14,26H2,1-3H3,(H,27,29)/t16-,21+,22-,23+/m1/s1. The topological polar surface area (TPSA) is 84.6 Å². The van der Waals surface area contributed by atoms with Gasteiger partial charge in [-0.25, -0.2) is 0 Å². The van der Waals surface area contributed by atoms with Crippen molar-refractivity contribution in [3.05, 3.63) is 59.7 Å². The summed E-state index contributed by atoms with van der Waals surface area (Å²) in [4.78, 5) is 12.5. The van der Waals surface area contributed by atoms with Gasteiger partial charge in [-0.1, -0.05) is 19.1 Å². The van der Waals surface area contributed by atoms with E-state index >= 15 is 0 Å². The molecule has 4 N–H and O–H groups in total. The molecule has 1 heterocycles. The number of benzene rings is 2. The zero-order valence-electron chi connectivity index (χ0n) is 18.5. The smallest absolute Gasteiger partial charge is 0.255 e. The number of aliphatic hydroxyl groups is 1. The van der Waals surface area contributed by atoms with Crippen molar-refractivity contribution in [3.63, 3.8) is 0 Å². The van der Waals surface area contributed by atoms with Gasteiger partial charge in [0.1, 0.15) is 0 Å². The maximum absolute atomic E-state index is 14.9. The Morgan fingerprint density at radius 1 is 1.16 bits per heavy atom. The molecule has 0 radical (unpaired) electrons. The summed E-state index contributed by atoms with van der Waals surface area (Å²) in [5.74, 6) is -0.0636. The van der Waals surface area contributed by atoms with Crippen LogP contribution in [0.15, 0.2) is 48.5 Å². The highest BCUT2D eigenvalue weighted by atomic mass is 28.4. The lowest BCUT2D eigenvalue weighted by atomic mass is 9.95. The minimum Gasteiger partial charge on any atom is -0.399 e. The first-order valence-corrected chi connectivity index (χ1v) is 13.9.